The van der Waals surface area contributed by atoms with Gasteiger partial charge in [0, 0.05) is 6.07 Å². The van der Waals surface area contributed by atoms with Crippen LogP contribution in [0.5, 0.6) is 5.75 Å². The van der Waals surface area contributed by atoms with Gasteiger partial charge in [-0.1, -0.05) is 0 Å². The lowest BCUT2D eigenvalue weighted by Crippen LogP contribution is -2.99. The Hall–Kier alpha value is -2.96. The van der Waals surface area contributed by atoms with Crippen molar-refractivity contribution < 1.29 is 38.6 Å². The van der Waals surface area contributed by atoms with Gasteiger partial charge in [0.25, 0.3) is 0 Å². The van der Waals surface area contributed by atoms with Crippen LogP contribution in [0.15, 0.2) is 6.07 Å². The van der Waals surface area contributed by atoms with Gasteiger partial charge < -0.3 is 19.4 Å². The highest BCUT2D eigenvalue weighted by atomic mass is 19.1. The summed E-state index contributed by atoms with van der Waals surface area (Å²) in [5.41, 5.74) is -2.67. The Morgan fingerprint density at radius 3 is 2.29 bits per heavy atom. The van der Waals surface area contributed by atoms with Crippen molar-refractivity contribution in [1.29, 1.82) is 0 Å². The lowest BCUT2D eigenvalue weighted by atomic mass is 10.2. The summed E-state index contributed by atoms with van der Waals surface area (Å²) in [5, 5.41) is 25.8. The fourth-order valence-electron chi connectivity index (χ4n) is 2.59. The van der Waals surface area contributed by atoms with E-state index in [1.54, 1.807) is 48.5 Å². The minimum atomic E-state index is -1.46. The first kappa shape index (κ1) is 24.3. The van der Waals surface area contributed by atoms with Crippen LogP contribution in [0.25, 0.3) is 10.9 Å². The Bertz CT molecular complexity index is 990. The second kappa shape index (κ2) is 8.65. The molecule has 0 saturated carbocycles. The van der Waals surface area contributed by atoms with Crippen LogP contribution in [0.3, 0.4) is 0 Å². The maximum absolute atomic E-state index is 15.4. The molecule has 3 N–H and O–H groups in total. The van der Waals surface area contributed by atoms with E-state index < -0.39 is 51.4 Å². The number of nitrogens with one attached hydrogen (secondary N) is 2. The molecule has 1 heterocycles. The SMILES string of the molecule is CCOc1c([NH+]([O-])O)cc2c(NC(=O)OC(C)(C)C)nn(C(=O)OC(C)(C)C)c2c1F. The minimum absolute atomic E-state index is 0.0215. The number of aromatic nitrogens is 2. The summed E-state index contributed by atoms with van der Waals surface area (Å²) in [5.74, 6) is -1.97. The number of carbonyl (C=O) groups is 2. The van der Waals surface area contributed by atoms with Crippen molar-refractivity contribution in [2.24, 2.45) is 0 Å². The van der Waals surface area contributed by atoms with Crippen molar-refractivity contribution in [3.05, 3.63) is 17.1 Å². The largest absolute Gasteiger partial charge is 0.595 e. The molecule has 2 aromatic rings. The number of hydrogen-bond acceptors (Lipinski definition) is 8. The van der Waals surface area contributed by atoms with Crippen LogP contribution >= 0.6 is 0 Å². The van der Waals surface area contributed by atoms with Crippen molar-refractivity contribution in [3.63, 3.8) is 0 Å². The second-order valence-electron chi connectivity index (χ2n) is 8.57. The molecule has 31 heavy (non-hydrogen) atoms. The Labute approximate surface area is 178 Å². The Kier molecular flexibility index (Phi) is 6.78. The monoisotopic (exact) mass is 442 g/mol. The van der Waals surface area contributed by atoms with Crippen molar-refractivity contribution >= 4 is 34.6 Å². The molecule has 1 amide bonds. The minimum Gasteiger partial charge on any atom is -0.595 e. The molecule has 1 aromatic heterocycles. The summed E-state index contributed by atoms with van der Waals surface area (Å²) in [4.78, 5) is 24.9. The van der Waals surface area contributed by atoms with Gasteiger partial charge in [-0.15, -0.1) is 5.10 Å². The number of halogens is 1. The van der Waals surface area contributed by atoms with E-state index in [-0.39, 0.29) is 17.8 Å². The highest BCUT2D eigenvalue weighted by Crippen LogP contribution is 2.36. The first-order valence-electron chi connectivity index (χ1n) is 9.49. The van der Waals surface area contributed by atoms with Crippen LogP contribution in [-0.2, 0) is 9.47 Å². The van der Waals surface area contributed by atoms with E-state index in [9.17, 15) is 20.0 Å². The third-order valence-corrected chi connectivity index (χ3v) is 3.57. The standard InChI is InChI=1S/C19H27FN4O7/c1-8-29-14-11(24(27)28)9-10-13(12(14)20)23(17(26)31-19(5,6)7)22-15(10)21-16(25)30-18(2,3)4/h9,24,27H,8H2,1-7H3,(H,21,22,25). The number of quaternary nitrogens is 1. The van der Waals surface area contributed by atoms with Crippen LogP contribution in [0.4, 0.5) is 25.5 Å². The molecule has 0 radical (unpaired) electrons. The number of hydrogen-bond donors (Lipinski definition) is 3. The number of rotatable bonds is 4. The highest BCUT2D eigenvalue weighted by Gasteiger charge is 2.30. The lowest BCUT2D eigenvalue weighted by molar-refractivity contribution is -0.991. The van der Waals surface area contributed by atoms with Crippen molar-refractivity contribution in [3.8, 4) is 5.75 Å². The van der Waals surface area contributed by atoms with Gasteiger partial charge in [0.15, 0.2) is 11.6 Å². The zero-order chi connectivity index (χ0) is 23.7. The number of nitrogens with zero attached hydrogens (tertiary/aromatic N) is 2. The smallest absolute Gasteiger partial charge is 0.435 e. The number of benzene rings is 1. The number of amides is 1. The summed E-state index contributed by atoms with van der Waals surface area (Å²) in [6.07, 6.45) is -1.95. The topological polar surface area (TPSA) is 139 Å². The van der Waals surface area contributed by atoms with Gasteiger partial charge in [0.05, 0.1) is 12.0 Å². The third kappa shape index (κ3) is 5.81. The number of anilines is 1. The fraction of sp³-hybridized carbons (Fsp3) is 0.526. The summed E-state index contributed by atoms with van der Waals surface area (Å²) in [6.45, 7) is 11.3. The van der Waals surface area contributed by atoms with E-state index in [4.69, 9.17) is 14.2 Å². The highest BCUT2D eigenvalue weighted by molar-refractivity contribution is 6.02. The zero-order valence-corrected chi connectivity index (χ0v) is 18.5. The van der Waals surface area contributed by atoms with Crippen LogP contribution in [0.2, 0.25) is 0 Å². The molecule has 172 valence electrons. The predicted octanol–water partition coefficient (Wildman–Crippen LogP) is 3.11. The number of fused-ring (bicyclic) bond motifs is 1. The molecule has 1 atom stereocenters. The number of ether oxygens (including phenoxy) is 3. The van der Waals surface area contributed by atoms with Crippen LogP contribution in [0.1, 0.15) is 48.5 Å². The van der Waals surface area contributed by atoms with E-state index in [0.717, 1.165) is 6.07 Å². The second-order valence-corrected chi connectivity index (χ2v) is 8.57. The van der Waals surface area contributed by atoms with E-state index in [1.807, 2.05) is 0 Å². The molecule has 12 heteroatoms. The molecule has 0 saturated heterocycles. The molecule has 0 aliphatic heterocycles. The van der Waals surface area contributed by atoms with Crippen LogP contribution in [-0.4, -0.2) is 45.0 Å². The molecule has 0 spiro atoms. The molecule has 0 bridgehead atoms. The molecular formula is C19H27FN4O7. The normalized spacial score (nSPS) is 13.1. The van der Waals surface area contributed by atoms with Gasteiger partial charge >= 0.3 is 12.2 Å². The first-order valence-corrected chi connectivity index (χ1v) is 9.49. The van der Waals surface area contributed by atoms with Crippen LogP contribution < -0.4 is 15.3 Å². The molecule has 0 fully saturated rings. The van der Waals surface area contributed by atoms with E-state index >= 15 is 4.39 Å². The van der Waals surface area contributed by atoms with Crippen LogP contribution in [0, 0.1) is 11.0 Å². The summed E-state index contributed by atoms with van der Waals surface area (Å²) >= 11 is 0. The maximum Gasteiger partial charge on any atom is 0.435 e. The van der Waals surface area contributed by atoms with Gasteiger partial charge in [-0.2, -0.15) is 9.91 Å². The third-order valence-electron chi connectivity index (χ3n) is 3.57. The Morgan fingerprint density at radius 2 is 1.81 bits per heavy atom. The van der Waals surface area contributed by atoms with Gasteiger partial charge in [0.1, 0.15) is 16.7 Å². The first-order chi connectivity index (χ1) is 14.1. The average molecular weight is 442 g/mol. The van der Waals surface area contributed by atoms with Crippen molar-refractivity contribution in [2.45, 2.75) is 59.7 Å². The lowest BCUT2D eigenvalue weighted by Gasteiger charge is -2.19. The Morgan fingerprint density at radius 1 is 1.23 bits per heavy atom. The summed E-state index contributed by atoms with van der Waals surface area (Å²) in [7, 11) is 0. The van der Waals surface area contributed by atoms with Gasteiger partial charge in [-0.25, -0.2) is 19.2 Å². The van der Waals surface area contributed by atoms with Gasteiger partial charge in [-0.05, 0) is 48.5 Å². The van der Waals surface area contributed by atoms with Crippen molar-refractivity contribution in [1.82, 2.24) is 9.78 Å². The van der Waals surface area contributed by atoms with E-state index in [0.29, 0.717) is 4.68 Å². The summed E-state index contributed by atoms with van der Waals surface area (Å²) in [6, 6.07) is 1.06. The predicted molar refractivity (Wildman–Crippen MR) is 108 cm³/mol. The Balaban J connectivity index is 2.73. The maximum atomic E-state index is 15.4. The molecular weight excluding hydrogens is 415 g/mol. The summed E-state index contributed by atoms with van der Waals surface area (Å²) < 4.78 is 31.5. The fourth-order valence-corrected chi connectivity index (χ4v) is 2.59. The molecule has 11 nitrogen and oxygen atoms in total. The average Bonchev–Trinajstić information content (AvgIpc) is 2.92. The zero-order valence-electron chi connectivity index (χ0n) is 18.5. The van der Waals surface area contributed by atoms with Gasteiger partial charge in [-0.3, -0.25) is 5.32 Å². The van der Waals surface area contributed by atoms with E-state index in [2.05, 4.69) is 10.4 Å². The van der Waals surface area contributed by atoms with E-state index in [1.165, 1.54) is 0 Å². The quantitative estimate of drug-likeness (QED) is 0.614. The molecule has 1 aromatic carbocycles. The molecule has 0 aliphatic carbocycles. The molecule has 0 aliphatic rings. The van der Waals surface area contributed by atoms with Crippen molar-refractivity contribution in [2.75, 3.05) is 11.9 Å². The molecule has 2 rings (SSSR count). The molecule has 1 unspecified atom stereocenters. The van der Waals surface area contributed by atoms with Gasteiger partial charge in [0.2, 0.25) is 11.4 Å². The number of carbonyl (C=O) groups excluding carboxylic acids is 2.